The van der Waals surface area contributed by atoms with Crippen molar-refractivity contribution < 1.29 is 19.0 Å². The zero-order chi connectivity index (χ0) is 11.6. The highest BCUT2D eigenvalue weighted by atomic mass is 35.5. The quantitative estimate of drug-likeness (QED) is 0.546. The normalized spacial score (nSPS) is 15.0. The first-order valence-corrected chi connectivity index (χ1v) is 4.67. The number of hydrogen-bond acceptors (Lipinski definition) is 3. The van der Waals surface area contributed by atoms with Crippen LogP contribution in [-0.2, 0) is 0 Å². The maximum Gasteiger partial charge on any atom is 0.149 e. The number of halogens is 3. The van der Waals surface area contributed by atoms with Gasteiger partial charge in [0.1, 0.15) is 17.7 Å². The highest BCUT2D eigenvalue weighted by molar-refractivity contribution is 6.18. The van der Waals surface area contributed by atoms with Crippen molar-refractivity contribution in [3.8, 4) is 0 Å². The van der Waals surface area contributed by atoms with Gasteiger partial charge < -0.3 is 15.9 Å². The van der Waals surface area contributed by atoms with E-state index >= 15 is 0 Å². The molecule has 6 heteroatoms. The molecule has 0 heterocycles. The third-order valence-corrected chi connectivity index (χ3v) is 2.27. The summed E-state index contributed by atoms with van der Waals surface area (Å²) in [5.41, 5.74) is 4.63. The van der Waals surface area contributed by atoms with Crippen molar-refractivity contribution in [3.05, 3.63) is 29.3 Å². The number of benzene rings is 1. The fourth-order valence-corrected chi connectivity index (χ4v) is 1.27. The molecule has 0 bridgehead atoms. The summed E-state index contributed by atoms with van der Waals surface area (Å²) in [6.07, 6.45) is -2.85. The summed E-state index contributed by atoms with van der Waals surface area (Å²) in [6.45, 7) is 0. The Kier molecular flexibility index (Phi) is 3.84. The topological polar surface area (TPSA) is 66.5 Å². The van der Waals surface area contributed by atoms with Crippen LogP contribution in [-0.4, -0.2) is 22.2 Å². The van der Waals surface area contributed by atoms with Crippen LogP contribution in [0, 0.1) is 11.6 Å². The molecule has 0 aliphatic heterocycles. The lowest BCUT2D eigenvalue weighted by Crippen LogP contribution is -2.21. The van der Waals surface area contributed by atoms with Crippen LogP contribution in [0.3, 0.4) is 0 Å². The Morgan fingerprint density at radius 3 is 2.40 bits per heavy atom. The van der Waals surface area contributed by atoms with Crippen LogP contribution in [0.4, 0.5) is 14.5 Å². The minimum atomic E-state index is -1.52. The molecule has 2 atom stereocenters. The number of rotatable bonds is 3. The average molecular weight is 238 g/mol. The van der Waals surface area contributed by atoms with Gasteiger partial charge in [-0.3, -0.25) is 0 Å². The number of aliphatic hydroxyl groups excluding tert-OH is 2. The standard InChI is InChI=1S/C9H10ClF2NO2/c10-3-8(14)9(15)4-1-7(13)6(12)2-5(4)11/h1-2,8-9,14-15H,3,13H2. The second-order valence-corrected chi connectivity index (χ2v) is 3.37. The molecule has 0 fully saturated rings. The predicted octanol–water partition coefficient (Wildman–Crippen LogP) is 1.18. The molecule has 4 N–H and O–H groups in total. The largest absolute Gasteiger partial charge is 0.396 e. The molecule has 2 unspecified atom stereocenters. The Balaban J connectivity index is 3.09. The molecule has 0 spiro atoms. The Morgan fingerprint density at radius 1 is 1.27 bits per heavy atom. The minimum Gasteiger partial charge on any atom is -0.396 e. The summed E-state index contributed by atoms with van der Waals surface area (Å²) in [5, 5.41) is 18.6. The lowest BCUT2D eigenvalue weighted by atomic mass is 10.0. The number of nitrogen functional groups attached to an aromatic ring is 1. The molecule has 1 aromatic rings. The monoisotopic (exact) mass is 237 g/mol. The van der Waals surface area contributed by atoms with E-state index < -0.39 is 23.8 Å². The predicted molar refractivity (Wildman–Crippen MR) is 52.5 cm³/mol. The molecular weight excluding hydrogens is 228 g/mol. The molecule has 0 aromatic heterocycles. The molecule has 0 amide bonds. The van der Waals surface area contributed by atoms with Crippen molar-refractivity contribution in [2.75, 3.05) is 11.6 Å². The molecule has 0 aliphatic carbocycles. The molecule has 0 saturated carbocycles. The SMILES string of the molecule is Nc1cc(C(O)C(O)CCl)c(F)cc1F. The van der Waals surface area contributed by atoms with Crippen LogP contribution in [0.5, 0.6) is 0 Å². The number of hydrogen-bond donors (Lipinski definition) is 3. The number of nitrogens with two attached hydrogens (primary N) is 1. The fraction of sp³-hybridized carbons (Fsp3) is 0.333. The lowest BCUT2D eigenvalue weighted by molar-refractivity contribution is 0.0304. The van der Waals surface area contributed by atoms with E-state index in [0.717, 1.165) is 6.07 Å². The van der Waals surface area contributed by atoms with E-state index in [1.165, 1.54) is 0 Å². The minimum absolute atomic E-state index is 0.266. The van der Waals surface area contributed by atoms with Crippen molar-refractivity contribution in [1.82, 2.24) is 0 Å². The number of aliphatic hydroxyl groups is 2. The van der Waals surface area contributed by atoms with Gasteiger partial charge in [-0.25, -0.2) is 8.78 Å². The smallest absolute Gasteiger partial charge is 0.149 e. The van der Waals surface area contributed by atoms with Crippen LogP contribution in [0.25, 0.3) is 0 Å². The van der Waals surface area contributed by atoms with Gasteiger partial charge in [0.2, 0.25) is 0 Å². The summed E-state index contributed by atoms with van der Waals surface area (Å²) in [6, 6.07) is 1.49. The van der Waals surface area contributed by atoms with E-state index in [1.54, 1.807) is 0 Å². The average Bonchev–Trinajstić information content (AvgIpc) is 2.21. The van der Waals surface area contributed by atoms with Gasteiger partial charge in [0.15, 0.2) is 0 Å². The van der Waals surface area contributed by atoms with Gasteiger partial charge in [-0.2, -0.15) is 0 Å². The Hall–Kier alpha value is -0.910. The maximum atomic E-state index is 13.2. The highest BCUT2D eigenvalue weighted by Crippen LogP contribution is 2.25. The fourth-order valence-electron chi connectivity index (χ4n) is 1.10. The van der Waals surface area contributed by atoms with E-state index in [4.69, 9.17) is 17.3 Å². The van der Waals surface area contributed by atoms with E-state index in [-0.39, 0.29) is 17.1 Å². The van der Waals surface area contributed by atoms with Crippen molar-refractivity contribution in [1.29, 1.82) is 0 Å². The molecule has 15 heavy (non-hydrogen) atoms. The van der Waals surface area contributed by atoms with Crippen molar-refractivity contribution >= 4 is 17.3 Å². The number of alkyl halides is 1. The van der Waals surface area contributed by atoms with Crippen molar-refractivity contribution in [2.24, 2.45) is 0 Å². The molecule has 0 saturated heterocycles. The Bertz CT molecular complexity index is 362. The zero-order valence-corrected chi connectivity index (χ0v) is 8.38. The molecule has 0 radical (unpaired) electrons. The molecule has 1 aromatic carbocycles. The van der Waals surface area contributed by atoms with Crippen LogP contribution < -0.4 is 5.73 Å². The second-order valence-electron chi connectivity index (χ2n) is 3.06. The first-order valence-electron chi connectivity index (χ1n) is 4.14. The summed E-state index contributed by atoms with van der Waals surface area (Å²) >= 11 is 5.28. The van der Waals surface area contributed by atoms with Crippen molar-refractivity contribution in [2.45, 2.75) is 12.2 Å². The summed E-state index contributed by atoms with van der Waals surface area (Å²) in [4.78, 5) is 0. The van der Waals surface area contributed by atoms with Gasteiger partial charge >= 0.3 is 0 Å². The van der Waals surface area contributed by atoms with Crippen LogP contribution in [0.2, 0.25) is 0 Å². The van der Waals surface area contributed by atoms with Crippen LogP contribution in [0.15, 0.2) is 12.1 Å². The van der Waals surface area contributed by atoms with Gasteiger partial charge in [-0.1, -0.05) is 0 Å². The van der Waals surface area contributed by atoms with Crippen LogP contribution in [0.1, 0.15) is 11.7 Å². The molecule has 3 nitrogen and oxygen atoms in total. The highest BCUT2D eigenvalue weighted by Gasteiger charge is 2.22. The third-order valence-electron chi connectivity index (χ3n) is 1.96. The van der Waals surface area contributed by atoms with Crippen molar-refractivity contribution in [3.63, 3.8) is 0 Å². The lowest BCUT2D eigenvalue weighted by Gasteiger charge is -2.16. The Labute approximate surface area is 90.1 Å². The second kappa shape index (κ2) is 4.74. The Morgan fingerprint density at radius 2 is 1.87 bits per heavy atom. The molecular formula is C9H10ClF2NO2. The molecule has 1 rings (SSSR count). The first kappa shape index (κ1) is 12.2. The summed E-state index contributed by atoms with van der Waals surface area (Å²) in [7, 11) is 0. The van der Waals surface area contributed by atoms with Gasteiger partial charge in [-0.15, -0.1) is 11.6 Å². The van der Waals surface area contributed by atoms with Gasteiger partial charge in [0.05, 0.1) is 17.7 Å². The summed E-state index contributed by atoms with van der Waals surface area (Å²) < 4.78 is 25.9. The summed E-state index contributed by atoms with van der Waals surface area (Å²) in [5.74, 6) is -2.15. The third kappa shape index (κ3) is 2.56. The van der Waals surface area contributed by atoms with Gasteiger partial charge in [-0.05, 0) is 6.07 Å². The van der Waals surface area contributed by atoms with E-state index in [9.17, 15) is 19.0 Å². The van der Waals surface area contributed by atoms with Gasteiger partial charge in [0, 0.05) is 11.6 Å². The number of anilines is 1. The maximum absolute atomic E-state index is 13.2. The molecule has 84 valence electrons. The first-order chi connectivity index (χ1) is 6.97. The molecule has 0 aliphatic rings. The zero-order valence-electron chi connectivity index (χ0n) is 7.62. The van der Waals surface area contributed by atoms with E-state index in [2.05, 4.69) is 0 Å². The van der Waals surface area contributed by atoms with Gasteiger partial charge in [0.25, 0.3) is 0 Å². The van der Waals surface area contributed by atoms with E-state index in [1.807, 2.05) is 0 Å². The van der Waals surface area contributed by atoms with Crippen LogP contribution >= 0.6 is 11.6 Å². The van der Waals surface area contributed by atoms with E-state index in [0.29, 0.717) is 6.07 Å².